The molecule has 11 heteroatoms. The number of aromatic hydroxyl groups is 1. The molecule has 0 saturated carbocycles. The zero-order valence-electron chi connectivity index (χ0n) is 24.8. The van der Waals surface area contributed by atoms with E-state index in [-0.39, 0.29) is 45.7 Å². The Kier molecular flexibility index (Phi) is 7.36. The Labute approximate surface area is 258 Å². The van der Waals surface area contributed by atoms with Gasteiger partial charge in [-0.3, -0.25) is 19.1 Å². The van der Waals surface area contributed by atoms with Gasteiger partial charge in [0.1, 0.15) is 17.3 Å². The van der Waals surface area contributed by atoms with Crippen LogP contribution in [0.5, 0.6) is 5.75 Å². The highest BCUT2D eigenvalue weighted by molar-refractivity contribution is 6.34. The Hall–Kier alpha value is -4.44. The number of fused-ring (bicyclic) bond motifs is 5. The van der Waals surface area contributed by atoms with Crippen molar-refractivity contribution in [2.75, 3.05) is 29.9 Å². The molecule has 2 aliphatic heterocycles. The molecule has 44 heavy (non-hydrogen) atoms. The van der Waals surface area contributed by atoms with E-state index in [2.05, 4.69) is 16.9 Å². The minimum atomic E-state index is -0.957. The van der Waals surface area contributed by atoms with Gasteiger partial charge in [-0.15, -0.1) is 0 Å². The van der Waals surface area contributed by atoms with Crippen LogP contribution in [0.4, 0.5) is 20.2 Å². The molecule has 8 nitrogen and oxygen atoms in total. The van der Waals surface area contributed by atoms with Gasteiger partial charge < -0.3 is 20.2 Å². The molecule has 6 rings (SSSR count). The van der Waals surface area contributed by atoms with Gasteiger partial charge in [-0.05, 0) is 55.7 Å². The molecule has 1 fully saturated rings. The largest absolute Gasteiger partial charge is 0.507 e. The summed E-state index contributed by atoms with van der Waals surface area (Å²) in [7, 11) is 0. The predicted octanol–water partition coefficient (Wildman–Crippen LogP) is 6.14. The molecule has 2 aromatic heterocycles. The van der Waals surface area contributed by atoms with Crippen molar-refractivity contribution in [1.29, 1.82) is 0 Å². The summed E-state index contributed by atoms with van der Waals surface area (Å²) in [6, 6.07) is 6.47. The smallest absolute Gasteiger partial charge is 0.281 e. The van der Waals surface area contributed by atoms with Crippen molar-refractivity contribution < 1.29 is 18.7 Å². The molecule has 2 N–H and O–H groups in total. The van der Waals surface area contributed by atoms with E-state index in [0.717, 1.165) is 6.07 Å². The number of aryl methyl sites for hydroxylation is 1. The Balaban J connectivity index is 1.75. The van der Waals surface area contributed by atoms with E-state index >= 15 is 8.78 Å². The summed E-state index contributed by atoms with van der Waals surface area (Å²) in [4.78, 5) is 35.5. The van der Waals surface area contributed by atoms with Gasteiger partial charge in [-0.25, -0.2) is 8.78 Å². The Morgan fingerprint density at radius 1 is 1.20 bits per heavy atom. The number of carbonyl (C=O) groups excluding carboxylic acids is 1. The van der Waals surface area contributed by atoms with Crippen LogP contribution >= 0.6 is 11.6 Å². The van der Waals surface area contributed by atoms with Gasteiger partial charge in [0, 0.05) is 42.8 Å². The lowest BCUT2D eigenvalue weighted by molar-refractivity contribution is -0.128. The first-order chi connectivity index (χ1) is 21.0. The number of amides is 1. The zero-order chi connectivity index (χ0) is 31.6. The number of hydrogen-bond donors (Lipinski definition) is 2. The van der Waals surface area contributed by atoms with Crippen LogP contribution in [0.1, 0.15) is 37.9 Å². The number of pyridine rings is 2. The molecular formula is C33H32ClF2N5O3. The van der Waals surface area contributed by atoms with Gasteiger partial charge in [0.2, 0.25) is 5.91 Å². The number of benzene rings is 2. The molecule has 2 aliphatic rings. The number of nitrogens with zero attached hydrogens (tertiary/aromatic N) is 4. The summed E-state index contributed by atoms with van der Waals surface area (Å²) in [5.41, 5.74) is 1.02. The molecule has 0 radical (unpaired) electrons. The van der Waals surface area contributed by atoms with E-state index in [1.807, 2.05) is 32.6 Å². The Bertz CT molecular complexity index is 1900. The van der Waals surface area contributed by atoms with Crippen LogP contribution in [0.3, 0.4) is 0 Å². The molecule has 4 heterocycles. The van der Waals surface area contributed by atoms with Crippen molar-refractivity contribution in [3.63, 3.8) is 0 Å². The maximum Gasteiger partial charge on any atom is 0.281 e. The quantitative estimate of drug-likeness (QED) is 0.267. The molecule has 0 spiro atoms. The van der Waals surface area contributed by atoms with E-state index in [9.17, 15) is 14.7 Å². The number of nitrogens with one attached hydrogen (secondary N) is 1. The van der Waals surface area contributed by atoms with Crippen molar-refractivity contribution in [3.05, 3.63) is 87.5 Å². The van der Waals surface area contributed by atoms with E-state index in [1.54, 1.807) is 17.2 Å². The second kappa shape index (κ2) is 10.9. The first kappa shape index (κ1) is 29.6. The molecule has 1 saturated heterocycles. The number of piperazine rings is 1. The third-order valence-corrected chi connectivity index (χ3v) is 8.89. The number of halogens is 3. The van der Waals surface area contributed by atoms with Crippen LogP contribution < -0.4 is 15.8 Å². The van der Waals surface area contributed by atoms with Gasteiger partial charge in [-0.1, -0.05) is 38.1 Å². The van der Waals surface area contributed by atoms with Crippen LogP contribution in [0.2, 0.25) is 5.02 Å². The summed E-state index contributed by atoms with van der Waals surface area (Å²) in [5, 5.41) is 14.1. The lowest BCUT2D eigenvalue weighted by Gasteiger charge is -2.49. The van der Waals surface area contributed by atoms with Gasteiger partial charge in [0.25, 0.3) is 5.56 Å². The molecule has 1 amide bonds. The van der Waals surface area contributed by atoms with Crippen LogP contribution in [0.25, 0.3) is 27.7 Å². The van der Waals surface area contributed by atoms with Crippen molar-refractivity contribution >= 4 is 39.8 Å². The predicted molar refractivity (Wildman–Crippen MR) is 169 cm³/mol. The number of hydrogen-bond acceptors (Lipinski definition) is 6. The third kappa shape index (κ3) is 4.42. The van der Waals surface area contributed by atoms with Crippen molar-refractivity contribution in [2.45, 2.75) is 45.7 Å². The molecule has 228 valence electrons. The second-order valence-electron chi connectivity index (χ2n) is 11.7. The van der Waals surface area contributed by atoms with Crippen LogP contribution in [0.15, 0.2) is 54.0 Å². The normalized spacial score (nSPS) is 17.8. The minimum Gasteiger partial charge on any atom is -0.507 e. The average molecular weight is 620 g/mol. The molecule has 2 aromatic carbocycles. The number of phenols is 1. The first-order valence-corrected chi connectivity index (χ1v) is 14.8. The monoisotopic (exact) mass is 619 g/mol. The van der Waals surface area contributed by atoms with E-state index in [1.165, 1.54) is 28.8 Å². The SMILES string of the molecule is C=CC(=O)N1CC2CNc3c(c4cc(Cl)c(-c5c(O)cccc5F)c(F)c4n(-c4c(C)ccnc4C(C)C)c3=O)N2CC1C. The van der Waals surface area contributed by atoms with Crippen LogP contribution in [0, 0.1) is 18.6 Å². The minimum absolute atomic E-state index is 0.117. The summed E-state index contributed by atoms with van der Waals surface area (Å²) in [6.07, 6.45) is 2.92. The van der Waals surface area contributed by atoms with Gasteiger partial charge in [0.15, 0.2) is 5.82 Å². The van der Waals surface area contributed by atoms with Crippen molar-refractivity contribution in [3.8, 4) is 22.6 Å². The summed E-state index contributed by atoms with van der Waals surface area (Å²) in [6.45, 7) is 12.3. The van der Waals surface area contributed by atoms with Crippen molar-refractivity contribution in [2.24, 2.45) is 0 Å². The number of anilines is 2. The highest BCUT2D eigenvalue weighted by Gasteiger charge is 2.40. The summed E-state index contributed by atoms with van der Waals surface area (Å²) < 4.78 is 33.7. The fraction of sp³-hybridized carbons (Fsp3) is 0.303. The number of rotatable bonds is 4. The average Bonchev–Trinajstić information content (AvgIpc) is 2.98. The van der Waals surface area contributed by atoms with E-state index in [0.29, 0.717) is 47.7 Å². The topological polar surface area (TPSA) is 90.7 Å². The fourth-order valence-electron chi connectivity index (χ4n) is 6.53. The first-order valence-electron chi connectivity index (χ1n) is 14.4. The van der Waals surface area contributed by atoms with E-state index in [4.69, 9.17) is 11.6 Å². The van der Waals surface area contributed by atoms with Gasteiger partial charge in [-0.2, -0.15) is 0 Å². The van der Waals surface area contributed by atoms with E-state index < -0.39 is 28.5 Å². The summed E-state index contributed by atoms with van der Waals surface area (Å²) in [5.74, 6) is -2.63. The van der Waals surface area contributed by atoms with Crippen molar-refractivity contribution in [1.82, 2.24) is 14.5 Å². The highest BCUT2D eigenvalue weighted by atomic mass is 35.5. The fourth-order valence-corrected chi connectivity index (χ4v) is 6.82. The number of carbonyl (C=O) groups is 1. The number of phenolic OH excluding ortho intramolecular Hbond substituents is 1. The Morgan fingerprint density at radius 2 is 1.95 bits per heavy atom. The lowest BCUT2D eigenvalue weighted by atomic mass is 9.96. The van der Waals surface area contributed by atoms with Gasteiger partial charge >= 0.3 is 0 Å². The molecule has 0 aliphatic carbocycles. The maximum atomic E-state index is 17.2. The second-order valence-corrected chi connectivity index (χ2v) is 12.1. The third-order valence-electron chi connectivity index (χ3n) is 8.59. The highest BCUT2D eigenvalue weighted by Crippen LogP contribution is 2.46. The Morgan fingerprint density at radius 3 is 2.64 bits per heavy atom. The molecule has 2 unspecified atom stereocenters. The summed E-state index contributed by atoms with van der Waals surface area (Å²) >= 11 is 6.75. The van der Waals surface area contributed by atoms with Gasteiger partial charge in [0.05, 0.1) is 39.2 Å². The molecule has 4 aromatic rings. The molecular weight excluding hydrogens is 588 g/mol. The van der Waals surface area contributed by atoms with Crippen LogP contribution in [-0.2, 0) is 4.79 Å². The zero-order valence-corrected chi connectivity index (χ0v) is 25.5. The molecule has 2 atom stereocenters. The standard InChI is InChI=1S/C33H32ClF2N5O3/c1-6-24(43)39-15-19-13-38-29-32(40(19)14-18(39)5)20-12-21(34)25(26-22(35)8-7-9-23(26)42)27(36)31(20)41(33(29)44)30-17(4)10-11-37-28(30)16(2)3/h6-12,16,18-19,38,42H,1,13-15H2,2-5H3. The number of aromatic nitrogens is 2. The van der Waals surface area contributed by atoms with Crippen LogP contribution in [-0.4, -0.2) is 57.2 Å². The molecule has 0 bridgehead atoms. The maximum absolute atomic E-state index is 17.2. The lowest BCUT2D eigenvalue weighted by Crippen LogP contribution is -2.62.